The molecule has 10 heteroatoms. The molecule has 0 amide bonds. The van der Waals surface area contributed by atoms with Crippen molar-refractivity contribution in [3.63, 3.8) is 0 Å². The van der Waals surface area contributed by atoms with Crippen LogP contribution in [-0.2, 0) is 10.4 Å². The van der Waals surface area contributed by atoms with Crippen molar-refractivity contribution in [3.8, 4) is 0 Å². The van der Waals surface area contributed by atoms with Gasteiger partial charge in [-0.05, 0) is 43.7 Å². The van der Waals surface area contributed by atoms with E-state index in [1.807, 2.05) is 6.92 Å². The van der Waals surface area contributed by atoms with E-state index in [4.69, 9.17) is 0 Å². The van der Waals surface area contributed by atoms with Crippen LogP contribution in [0.2, 0.25) is 0 Å². The maximum Gasteiger partial charge on any atom is 0.430 e. The van der Waals surface area contributed by atoms with Crippen molar-refractivity contribution in [1.29, 1.82) is 0 Å². The topological polar surface area (TPSA) is 69.6 Å². The average molecular weight is 399 g/mol. The van der Waals surface area contributed by atoms with E-state index in [-0.39, 0.29) is 18.5 Å². The number of benzene rings is 1. The van der Waals surface area contributed by atoms with Crippen LogP contribution in [0.4, 0.5) is 32.0 Å². The number of hydrogen-bond donors (Lipinski definition) is 3. The highest BCUT2D eigenvalue weighted by Crippen LogP contribution is 2.50. The predicted molar refractivity (Wildman–Crippen MR) is 84.1 cm³/mol. The summed E-state index contributed by atoms with van der Waals surface area (Å²) < 4.78 is 77.4. The Morgan fingerprint density at radius 1 is 1.04 bits per heavy atom. The van der Waals surface area contributed by atoms with E-state index >= 15 is 0 Å². The third-order valence-electron chi connectivity index (χ3n) is 5.04. The van der Waals surface area contributed by atoms with Gasteiger partial charge in [0.25, 0.3) is 5.60 Å². The van der Waals surface area contributed by atoms with Crippen LogP contribution in [0, 0.1) is 5.92 Å². The summed E-state index contributed by atoms with van der Waals surface area (Å²) in [6, 6.07) is 2.79. The number of aliphatic carboxylic acids is 1. The van der Waals surface area contributed by atoms with Gasteiger partial charge in [0.05, 0.1) is 0 Å². The molecule has 1 aliphatic carbocycles. The third-order valence-corrected chi connectivity index (χ3v) is 5.04. The van der Waals surface area contributed by atoms with Crippen LogP contribution in [-0.4, -0.2) is 34.1 Å². The van der Waals surface area contributed by atoms with Gasteiger partial charge in [-0.25, -0.2) is 4.79 Å². The van der Waals surface area contributed by atoms with Gasteiger partial charge in [-0.15, -0.1) is 0 Å². The molecule has 1 aliphatic rings. The molecule has 0 heterocycles. The third kappa shape index (κ3) is 3.85. The molecular weight excluding hydrogens is 380 g/mol. The Hall–Kier alpha value is -1.97. The Bertz CT molecular complexity index is 661. The number of carbonyl (C=O) groups is 1. The van der Waals surface area contributed by atoms with E-state index in [9.17, 15) is 41.4 Å². The standard InChI is InChI=1S/C17H19F6NO3/c1-10-6-8-14(9-7-10,13(25)26)24-12-4-2-11(3-5-12)15(27,16(18,19)20)17(21,22)23/h2-5,10,24,27H,6-9H2,1H3,(H,25,26). The van der Waals surface area contributed by atoms with Crippen LogP contribution in [0.1, 0.15) is 38.2 Å². The summed E-state index contributed by atoms with van der Waals surface area (Å²) in [7, 11) is 0. The number of rotatable bonds is 4. The molecule has 2 rings (SSSR count). The summed E-state index contributed by atoms with van der Waals surface area (Å²) in [4.78, 5) is 11.7. The molecule has 0 aliphatic heterocycles. The Kier molecular flexibility index (Phi) is 5.44. The van der Waals surface area contributed by atoms with Crippen molar-refractivity contribution in [2.75, 3.05) is 5.32 Å². The van der Waals surface area contributed by atoms with Gasteiger partial charge in [-0.3, -0.25) is 0 Å². The molecule has 4 nitrogen and oxygen atoms in total. The zero-order valence-corrected chi connectivity index (χ0v) is 14.3. The summed E-state index contributed by atoms with van der Waals surface area (Å²) in [5.74, 6) is -0.809. The minimum absolute atomic E-state index is 0.0578. The van der Waals surface area contributed by atoms with Crippen molar-refractivity contribution in [2.45, 2.75) is 56.1 Å². The van der Waals surface area contributed by atoms with Crippen molar-refractivity contribution < 1.29 is 41.4 Å². The fraction of sp³-hybridized carbons (Fsp3) is 0.588. The first-order chi connectivity index (χ1) is 12.2. The fourth-order valence-electron chi connectivity index (χ4n) is 3.21. The molecule has 0 bridgehead atoms. The van der Waals surface area contributed by atoms with Gasteiger partial charge in [0, 0.05) is 11.3 Å². The van der Waals surface area contributed by atoms with Crippen molar-refractivity contribution in [1.82, 2.24) is 0 Å². The summed E-state index contributed by atoms with van der Waals surface area (Å²) in [5, 5.41) is 21.6. The Labute approximate surface area is 151 Å². The monoisotopic (exact) mass is 399 g/mol. The number of halogens is 6. The Morgan fingerprint density at radius 2 is 1.48 bits per heavy atom. The first-order valence-electron chi connectivity index (χ1n) is 8.21. The van der Waals surface area contributed by atoms with Crippen LogP contribution >= 0.6 is 0 Å². The molecule has 0 spiro atoms. The molecule has 0 atom stereocenters. The molecule has 0 unspecified atom stereocenters. The lowest BCUT2D eigenvalue weighted by Crippen LogP contribution is -2.53. The largest absolute Gasteiger partial charge is 0.480 e. The maximum atomic E-state index is 12.9. The van der Waals surface area contributed by atoms with E-state index in [0.29, 0.717) is 30.9 Å². The zero-order chi connectivity index (χ0) is 20.7. The van der Waals surface area contributed by atoms with E-state index in [0.717, 1.165) is 12.1 Å². The van der Waals surface area contributed by atoms with Gasteiger partial charge in [0.2, 0.25) is 0 Å². The lowest BCUT2D eigenvalue weighted by molar-refractivity contribution is -0.376. The minimum Gasteiger partial charge on any atom is -0.480 e. The van der Waals surface area contributed by atoms with Crippen LogP contribution < -0.4 is 5.32 Å². The highest BCUT2D eigenvalue weighted by molar-refractivity contribution is 5.83. The van der Waals surface area contributed by atoms with Gasteiger partial charge in [-0.1, -0.05) is 19.1 Å². The van der Waals surface area contributed by atoms with Gasteiger partial charge in [0.15, 0.2) is 0 Å². The summed E-state index contributed by atoms with van der Waals surface area (Å²) in [5.41, 5.74) is -7.68. The minimum atomic E-state index is -5.97. The van der Waals surface area contributed by atoms with Crippen LogP contribution in [0.5, 0.6) is 0 Å². The fourth-order valence-corrected chi connectivity index (χ4v) is 3.21. The molecule has 0 radical (unpaired) electrons. The highest BCUT2D eigenvalue weighted by Gasteiger charge is 2.71. The molecule has 0 saturated heterocycles. The molecule has 1 aromatic rings. The molecule has 27 heavy (non-hydrogen) atoms. The number of hydrogen-bond acceptors (Lipinski definition) is 3. The first kappa shape index (κ1) is 21.3. The second-order valence-electron chi connectivity index (χ2n) is 6.98. The second kappa shape index (κ2) is 6.88. The highest BCUT2D eigenvalue weighted by atomic mass is 19.4. The number of carboxylic acids is 1. The number of alkyl halides is 6. The molecular formula is C17H19F6NO3. The molecule has 1 saturated carbocycles. The molecule has 152 valence electrons. The quantitative estimate of drug-likeness (QED) is 0.655. The SMILES string of the molecule is CC1CCC(Nc2ccc(C(O)(C(F)(F)F)C(F)(F)F)cc2)(C(=O)O)CC1. The Balaban J connectivity index is 2.32. The second-order valence-corrected chi connectivity index (χ2v) is 6.98. The summed E-state index contributed by atoms with van der Waals surface area (Å²) >= 11 is 0. The van der Waals surface area contributed by atoms with E-state index in [2.05, 4.69) is 5.32 Å². The predicted octanol–water partition coefficient (Wildman–Crippen LogP) is 4.44. The average Bonchev–Trinajstić information content (AvgIpc) is 2.55. The van der Waals surface area contributed by atoms with Gasteiger partial charge in [-0.2, -0.15) is 26.3 Å². The smallest absolute Gasteiger partial charge is 0.430 e. The summed E-state index contributed by atoms with van der Waals surface area (Å²) in [6.07, 6.45) is -10.1. The zero-order valence-electron chi connectivity index (χ0n) is 14.3. The van der Waals surface area contributed by atoms with E-state index < -0.39 is 35.0 Å². The number of nitrogens with one attached hydrogen (secondary N) is 1. The molecule has 1 fully saturated rings. The lowest BCUT2D eigenvalue weighted by Gasteiger charge is -2.37. The maximum absolute atomic E-state index is 12.9. The van der Waals surface area contributed by atoms with E-state index in [1.54, 1.807) is 0 Å². The van der Waals surface area contributed by atoms with E-state index in [1.165, 1.54) is 0 Å². The molecule has 3 N–H and O–H groups in total. The molecule has 0 aromatic heterocycles. The van der Waals surface area contributed by atoms with Crippen LogP contribution in [0.3, 0.4) is 0 Å². The van der Waals surface area contributed by atoms with Crippen molar-refractivity contribution in [2.24, 2.45) is 5.92 Å². The lowest BCUT2D eigenvalue weighted by atomic mass is 9.77. The first-order valence-corrected chi connectivity index (χ1v) is 8.21. The van der Waals surface area contributed by atoms with Crippen molar-refractivity contribution >= 4 is 11.7 Å². The van der Waals surface area contributed by atoms with Gasteiger partial charge >= 0.3 is 18.3 Å². The van der Waals surface area contributed by atoms with Crippen LogP contribution in [0.25, 0.3) is 0 Å². The van der Waals surface area contributed by atoms with Gasteiger partial charge < -0.3 is 15.5 Å². The number of aliphatic hydroxyl groups is 1. The number of carboxylic acid groups (broad SMARTS) is 1. The van der Waals surface area contributed by atoms with Crippen LogP contribution in [0.15, 0.2) is 24.3 Å². The summed E-state index contributed by atoms with van der Waals surface area (Å²) in [6.45, 7) is 1.97. The normalized spacial score (nSPS) is 24.5. The van der Waals surface area contributed by atoms with Gasteiger partial charge in [0.1, 0.15) is 5.54 Å². The number of anilines is 1. The Morgan fingerprint density at radius 3 is 1.85 bits per heavy atom. The van der Waals surface area contributed by atoms with Crippen molar-refractivity contribution in [3.05, 3.63) is 29.8 Å². The molecule has 1 aromatic carbocycles.